The fraction of sp³-hybridized carbons (Fsp3) is 0.207. The van der Waals surface area contributed by atoms with Gasteiger partial charge in [-0.3, -0.25) is 0 Å². The SMILES string of the molecule is CC(=CC=Cc1ccc(C(=O)[O-])cc1)c1ccc2c(c1)C1CCCC1N2c1ccccc1.[K+]. The maximum Gasteiger partial charge on any atom is 1.00 e. The number of nitrogens with zero attached hydrogens (tertiary/aromatic N) is 1. The van der Waals surface area contributed by atoms with E-state index in [-0.39, 0.29) is 56.9 Å². The molecule has 3 nitrogen and oxygen atoms in total. The number of carboxylic acid groups (broad SMARTS) is 1. The summed E-state index contributed by atoms with van der Waals surface area (Å²) in [6.07, 6.45) is 9.92. The standard InChI is InChI=1S/C29H27NO2.K/c1-20(7-5-8-21-13-15-22(16-14-21)29(31)32)23-17-18-28-26(19-23)25-11-6-12-27(25)30(28)24-9-3-2-4-10-24;/h2-5,7-10,13-19,25,27H,6,11-12H2,1H3,(H,31,32);/q;+1/p-1. The first-order chi connectivity index (χ1) is 15.6. The number of carboxylic acids is 1. The van der Waals surface area contributed by atoms with E-state index in [0.717, 1.165) is 5.56 Å². The van der Waals surface area contributed by atoms with E-state index in [0.29, 0.717) is 12.0 Å². The maximum atomic E-state index is 10.9. The molecule has 5 rings (SSSR count). The molecule has 3 aromatic rings. The largest absolute Gasteiger partial charge is 1.00 e. The minimum Gasteiger partial charge on any atom is -0.545 e. The second-order valence-corrected chi connectivity index (χ2v) is 8.70. The summed E-state index contributed by atoms with van der Waals surface area (Å²) < 4.78 is 0. The van der Waals surface area contributed by atoms with E-state index in [1.807, 2.05) is 12.2 Å². The Labute approximate surface area is 238 Å². The number of para-hydroxylation sites is 1. The number of hydrogen-bond acceptors (Lipinski definition) is 3. The Hall–Kier alpha value is -1.95. The van der Waals surface area contributed by atoms with Crippen molar-refractivity contribution in [2.45, 2.75) is 38.1 Å². The van der Waals surface area contributed by atoms with Crippen molar-refractivity contribution in [2.24, 2.45) is 0 Å². The zero-order chi connectivity index (χ0) is 22.1. The van der Waals surface area contributed by atoms with Crippen LogP contribution in [0.2, 0.25) is 0 Å². The van der Waals surface area contributed by atoms with E-state index in [1.165, 1.54) is 47.3 Å². The van der Waals surface area contributed by atoms with Crippen LogP contribution in [0.1, 0.15) is 59.2 Å². The predicted molar refractivity (Wildman–Crippen MR) is 129 cm³/mol. The zero-order valence-electron chi connectivity index (χ0n) is 19.2. The Morgan fingerprint density at radius 2 is 1.70 bits per heavy atom. The number of rotatable bonds is 5. The summed E-state index contributed by atoms with van der Waals surface area (Å²) >= 11 is 0. The molecule has 1 saturated carbocycles. The van der Waals surface area contributed by atoms with Crippen molar-refractivity contribution < 1.29 is 61.3 Å². The van der Waals surface area contributed by atoms with Crippen LogP contribution < -0.4 is 61.4 Å². The Morgan fingerprint density at radius 1 is 0.970 bits per heavy atom. The predicted octanol–water partition coefficient (Wildman–Crippen LogP) is 2.96. The second kappa shape index (κ2) is 10.5. The Balaban J connectivity index is 0.00000259. The molecule has 2 unspecified atom stereocenters. The number of allylic oxidation sites excluding steroid dienone is 3. The van der Waals surface area contributed by atoms with E-state index < -0.39 is 5.97 Å². The quantitative estimate of drug-likeness (QED) is 0.435. The molecule has 0 spiro atoms. The van der Waals surface area contributed by atoms with Crippen molar-refractivity contribution in [1.82, 2.24) is 0 Å². The fourth-order valence-electron chi connectivity index (χ4n) is 5.16. The monoisotopic (exact) mass is 459 g/mol. The molecule has 1 heterocycles. The van der Waals surface area contributed by atoms with Gasteiger partial charge in [0.1, 0.15) is 0 Å². The molecule has 0 bridgehead atoms. The van der Waals surface area contributed by atoms with E-state index >= 15 is 0 Å². The molecule has 0 N–H and O–H groups in total. The van der Waals surface area contributed by atoms with Crippen molar-refractivity contribution in [3.05, 3.63) is 107 Å². The number of carbonyl (C=O) groups is 1. The number of hydrogen-bond donors (Lipinski definition) is 0. The molecule has 160 valence electrons. The minimum atomic E-state index is -1.15. The summed E-state index contributed by atoms with van der Waals surface area (Å²) in [5.74, 6) is -0.543. The van der Waals surface area contributed by atoms with E-state index in [1.54, 1.807) is 24.3 Å². The van der Waals surface area contributed by atoms with Gasteiger partial charge in [0.05, 0.1) is 5.97 Å². The van der Waals surface area contributed by atoms with Gasteiger partial charge in [-0.05, 0) is 71.9 Å². The summed E-state index contributed by atoms with van der Waals surface area (Å²) in [5.41, 5.74) is 7.73. The van der Waals surface area contributed by atoms with E-state index in [4.69, 9.17) is 0 Å². The molecule has 0 saturated heterocycles. The third-order valence-electron chi connectivity index (χ3n) is 6.77. The normalized spacial score (nSPS) is 19.3. The van der Waals surface area contributed by atoms with Gasteiger partial charge in [0.25, 0.3) is 0 Å². The second-order valence-electron chi connectivity index (χ2n) is 8.70. The molecule has 2 atom stereocenters. The Kier molecular flexibility index (Phi) is 7.72. The molecular formula is C29H26KNO2. The van der Waals surface area contributed by atoms with Crippen molar-refractivity contribution >= 4 is 29.0 Å². The van der Waals surface area contributed by atoms with Gasteiger partial charge in [-0.15, -0.1) is 0 Å². The van der Waals surface area contributed by atoms with Gasteiger partial charge in [0.2, 0.25) is 0 Å². The van der Waals surface area contributed by atoms with Gasteiger partial charge in [0, 0.05) is 23.3 Å². The molecular weight excluding hydrogens is 433 g/mol. The molecule has 0 radical (unpaired) electrons. The smallest absolute Gasteiger partial charge is 0.545 e. The topological polar surface area (TPSA) is 43.4 Å². The first-order valence-corrected chi connectivity index (χ1v) is 11.3. The molecule has 4 heteroatoms. The van der Waals surface area contributed by atoms with Crippen molar-refractivity contribution in [3.8, 4) is 0 Å². The number of carbonyl (C=O) groups excluding carboxylic acids is 1. The number of aromatic carboxylic acids is 1. The van der Waals surface area contributed by atoms with Crippen LogP contribution in [0.5, 0.6) is 0 Å². The summed E-state index contributed by atoms with van der Waals surface area (Å²) in [7, 11) is 0. The molecule has 1 aliphatic heterocycles. The molecule has 3 aromatic carbocycles. The zero-order valence-corrected chi connectivity index (χ0v) is 22.3. The van der Waals surface area contributed by atoms with Crippen LogP contribution in [0.15, 0.2) is 84.9 Å². The van der Waals surface area contributed by atoms with Gasteiger partial charge in [-0.2, -0.15) is 0 Å². The van der Waals surface area contributed by atoms with Crippen LogP contribution in [0.3, 0.4) is 0 Å². The van der Waals surface area contributed by atoms with Crippen LogP contribution >= 0.6 is 0 Å². The maximum absolute atomic E-state index is 10.9. The molecule has 1 aliphatic carbocycles. The molecule has 33 heavy (non-hydrogen) atoms. The van der Waals surface area contributed by atoms with Crippen LogP contribution in [0.25, 0.3) is 11.6 Å². The van der Waals surface area contributed by atoms with Crippen LogP contribution in [0.4, 0.5) is 11.4 Å². The summed E-state index contributed by atoms with van der Waals surface area (Å²) in [5, 5.41) is 10.9. The first kappa shape index (κ1) is 24.2. The van der Waals surface area contributed by atoms with E-state index in [9.17, 15) is 9.90 Å². The van der Waals surface area contributed by atoms with Gasteiger partial charge in [0.15, 0.2) is 0 Å². The summed E-state index contributed by atoms with van der Waals surface area (Å²) in [6.45, 7) is 2.14. The minimum absolute atomic E-state index is 0. The van der Waals surface area contributed by atoms with Crippen LogP contribution in [-0.4, -0.2) is 12.0 Å². The third kappa shape index (κ3) is 4.96. The average molecular weight is 460 g/mol. The number of anilines is 2. The van der Waals surface area contributed by atoms with Crippen LogP contribution in [0, 0.1) is 0 Å². The van der Waals surface area contributed by atoms with Gasteiger partial charge in [-0.25, -0.2) is 0 Å². The van der Waals surface area contributed by atoms with Crippen molar-refractivity contribution in [2.75, 3.05) is 4.90 Å². The molecule has 0 aromatic heterocycles. The van der Waals surface area contributed by atoms with E-state index in [2.05, 4.69) is 66.4 Å². The Bertz CT molecular complexity index is 1200. The molecule has 1 fully saturated rings. The van der Waals surface area contributed by atoms with Gasteiger partial charge >= 0.3 is 51.4 Å². The molecule has 0 amide bonds. The van der Waals surface area contributed by atoms with Crippen molar-refractivity contribution in [1.29, 1.82) is 0 Å². The number of fused-ring (bicyclic) bond motifs is 3. The Morgan fingerprint density at radius 3 is 2.42 bits per heavy atom. The first-order valence-electron chi connectivity index (χ1n) is 11.3. The fourth-order valence-corrected chi connectivity index (χ4v) is 5.16. The molecule has 2 aliphatic rings. The average Bonchev–Trinajstić information content (AvgIpc) is 3.40. The summed E-state index contributed by atoms with van der Waals surface area (Å²) in [6, 6.07) is 24.9. The summed E-state index contributed by atoms with van der Waals surface area (Å²) in [4.78, 5) is 13.4. The van der Waals surface area contributed by atoms with Crippen LogP contribution in [-0.2, 0) is 0 Å². The van der Waals surface area contributed by atoms with Gasteiger partial charge < -0.3 is 14.8 Å². The third-order valence-corrected chi connectivity index (χ3v) is 6.77. The van der Waals surface area contributed by atoms with Gasteiger partial charge in [-0.1, -0.05) is 73.2 Å². The number of benzene rings is 3. The van der Waals surface area contributed by atoms with Crippen molar-refractivity contribution in [3.63, 3.8) is 0 Å².